The van der Waals surface area contributed by atoms with Crippen molar-refractivity contribution in [2.45, 2.75) is 18.8 Å². The predicted molar refractivity (Wildman–Crippen MR) is 198 cm³/mol. The van der Waals surface area contributed by atoms with Crippen LogP contribution in [0.25, 0.3) is 50.2 Å². The molecule has 3 aliphatic rings. The van der Waals surface area contributed by atoms with E-state index in [1.165, 1.54) is 44.5 Å². The molecule has 0 amide bonds. The van der Waals surface area contributed by atoms with E-state index in [1.807, 2.05) is 24.3 Å². The highest BCUT2D eigenvalue weighted by Gasteiger charge is 2.53. The monoisotopic (exact) mass is 628 g/mol. The van der Waals surface area contributed by atoms with Crippen molar-refractivity contribution < 1.29 is 4.74 Å². The maximum atomic E-state index is 6.86. The van der Waals surface area contributed by atoms with Crippen molar-refractivity contribution in [2.24, 2.45) is 5.92 Å². The molecule has 3 heteroatoms. The summed E-state index contributed by atoms with van der Waals surface area (Å²) in [6, 6.07) is 53.9. The van der Waals surface area contributed by atoms with E-state index in [4.69, 9.17) is 14.7 Å². The summed E-state index contributed by atoms with van der Waals surface area (Å²) in [6.07, 6.45) is 3.23. The van der Waals surface area contributed by atoms with Crippen molar-refractivity contribution in [3.8, 4) is 39.5 Å². The molecule has 0 bridgehead atoms. The van der Waals surface area contributed by atoms with Gasteiger partial charge < -0.3 is 4.74 Å². The number of hydrogen-bond donors (Lipinski definition) is 0. The number of para-hydroxylation sites is 2. The van der Waals surface area contributed by atoms with Crippen molar-refractivity contribution in [1.82, 2.24) is 9.97 Å². The number of nitrogens with zero attached hydrogens (tertiary/aromatic N) is 2. The Hall–Kier alpha value is -6.06. The fourth-order valence-electron chi connectivity index (χ4n) is 8.61. The molecule has 1 unspecified atom stereocenters. The van der Waals surface area contributed by atoms with Crippen LogP contribution in [0, 0.1) is 5.92 Å². The molecule has 1 atom stereocenters. The summed E-state index contributed by atoms with van der Waals surface area (Å²) in [6.45, 7) is 2.37. The molecule has 0 N–H and O–H groups in total. The van der Waals surface area contributed by atoms with E-state index in [0.29, 0.717) is 0 Å². The Bertz CT molecular complexity index is 2460. The summed E-state index contributed by atoms with van der Waals surface area (Å²) in [7, 11) is 0. The minimum atomic E-state index is -0.396. The first-order valence-electron chi connectivity index (χ1n) is 17.0. The third-order valence-electron chi connectivity index (χ3n) is 10.6. The lowest BCUT2D eigenvalue weighted by atomic mass is 9.60. The van der Waals surface area contributed by atoms with Crippen molar-refractivity contribution in [3.05, 3.63) is 191 Å². The number of hydrogen-bond acceptors (Lipinski definition) is 3. The van der Waals surface area contributed by atoms with Crippen LogP contribution >= 0.6 is 0 Å². The van der Waals surface area contributed by atoms with E-state index < -0.39 is 5.41 Å². The van der Waals surface area contributed by atoms with Gasteiger partial charge in [-0.05, 0) is 69.5 Å². The summed E-state index contributed by atoms with van der Waals surface area (Å²) in [4.78, 5) is 10.00. The Morgan fingerprint density at radius 1 is 0.571 bits per heavy atom. The molecule has 0 fully saturated rings. The van der Waals surface area contributed by atoms with Gasteiger partial charge in [-0.25, -0.2) is 9.97 Å². The number of benzene rings is 6. The van der Waals surface area contributed by atoms with E-state index in [1.54, 1.807) is 0 Å². The quantitative estimate of drug-likeness (QED) is 0.195. The molecule has 6 aromatic carbocycles. The fourth-order valence-corrected chi connectivity index (χ4v) is 8.61. The number of aromatic nitrogens is 2. The number of fused-ring (bicyclic) bond motifs is 9. The summed E-state index contributed by atoms with van der Waals surface area (Å²) in [5, 5.41) is 1.05. The zero-order valence-electron chi connectivity index (χ0n) is 27.1. The van der Waals surface area contributed by atoms with Crippen LogP contribution in [0.3, 0.4) is 0 Å². The van der Waals surface area contributed by atoms with Crippen molar-refractivity contribution >= 4 is 16.5 Å². The highest BCUT2D eigenvalue weighted by Crippen LogP contribution is 2.63. The highest BCUT2D eigenvalue weighted by molar-refractivity contribution is 5.94. The maximum Gasteiger partial charge on any atom is 0.160 e. The van der Waals surface area contributed by atoms with Gasteiger partial charge in [-0.2, -0.15) is 0 Å². The van der Waals surface area contributed by atoms with Crippen LogP contribution in [0.2, 0.25) is 0 Å². The Labute approximate surface area is 285 Å². The summed E-state index contributed by atoms with van der Waals surface area (Å²) < 4.78 is 6.86. The third kappa shape index (κ3) is 4.09. The molecule has 1 aromatic heterocycles. The lowest BCUT2D eigenvalue weighted by Crippen LogP contribution is -2.38. The first-order valence-corrected chi connectivity index (χ1v) is 17.0. The fraction of sp³-hybridized carbons (Fsp3) is 0.0870. The molecule has 1 aliphatic heterocycles. The van der Waals surface area contributed by atoms with E-state index in [-0.39, 0.29) is 5.92 Å². The minimum absolute atomic E-state index is 0.251. The van der Waals surface area contributed by atoms with Gasteiger partial charge >= 0.3 is 0 Å². The van der Waals surface area contributed by atoms with Crippen molar-refractivity contribution in [1.29, 1.82) is 0 Å². The molecular weight excluding hydrogens is 597 g/mol. The third-order valence-corrected chi connectivity index (χ3v) is 10.6. The first kappa shape index (κ1) is 28.0. The van der Waals surface area contributed by atoms with E-state index in [9.17, 15) is 0 Å². The van der Waals surface area contributed by atoms with Crippen molar-refractivity contribution in [3.63, 3.8) is 0 Å². The Balaban J connectivity index is 1.11. The lowest BCUT2D eigenvalue weighted by molar-refractivity contribution is 0.372. The molecule has 0 saturated heterocycles. The largest absolute Gasteiger partial charge is 0.457 e. The van der Waals surface area contributed by atoms with Gasteiger partial charge in [-0.3, -0.25) is 0 Å². The van der Waals surface area contributed by atoms with Crippen LogP contribution in [-0.4, -0.2) is 9.97 Å². The van der Waals surface area contributed by atoms with Gasteiger partial charge in [0.25, 0.3) is 0 Å². The molecule has 232 valence electrons. The SMILES string of the molecule is CC1CC(c2ccc(-c3nc(-c4ccccc4)nc4ccccc34)cc2)=CC2=C1C1(c3ccccc3O2)c2ccccc2-c2ccccc21. The lowest BCUT2D eigenvalue weighted by Gasteiger charge is -2.44. The molecule has 10 rings (SSSR count). The van der Waals surface area contributed by atoms with Gasteiger partial charge in [0, 0.05) is 22.1 Å². The van der Waals surface area contributed by atoms with E-state index in [0.717, 1.165) is 51.5 Å². The van der Waals surface area contributed by atoms with Crippen LogP contribution in [0.1, 0.15) is 35.6 Å². The Kier molecular flexibility index (Phi) is 6.13. The van der Waals surface area contributed by atoms with Crippen LogP contribution < -0.4 is 4.74 Å². The van der Waals surface area contributed by atoms with Gasteiger partial charge in [0.2, 0.25) is 0 Å². The minimum Gasteiger partial charge on any atom is -0.457 e. The topological polar surface area (TPSA) is 35.0 Å². The summed E-state index contributed by atoms with van der Waals surface area (Å²) >= 11 is 0. The van der Waals surface area contributed by atoms with Crippen LogP contribution in [0.5, 0.6) is 5.75 Å². The van der Waals surface area contributed by atoms with Crippen LogP contribution in [0.15, 0.2) is 169 Å². The molecule has 2 heterocycles. The summed E-state index contributed by atoms with van der Waals surface area (Å²) in [5.74, 6) is 2.89. The van der Waals surface area contributed by atoms with Gasteiger partial charge in [0.15, 0.2) is 5.82 Å². The molecule has 0 radical (unpaired) electrons. The molecule has 2 aliphatic carbocycles. The zero-order chi connectivity index (χ0) is 32.5. The molecule has 0 saturated carbocycles. The number of ether oxygens (including phenoxy) is 1. The first-order chi connectivity index (χ1) is 24.2. The highest BCUT2D eigenvalue weighted by atomic mass is 16.5. The van der Waals surface area contributed by atoms with Gasteiger partial charge in [-0.1, -0.05) is 146 Å². The van der Waals surface area contributed by atoms with Crippen molar-refractivity contribution in [2.75, 3.05) is 0 Å². The maximum absolute atomic E-state index is 6.86. The zero-order valence-corrected chi connectivity index (χ0v) is 27.1. The molecule has 3 nitrogen and oxygen atoms in total. The number of allylic oxidation sites excluding steroid dienone is 3. The molecule has 49 heavy (non-hydrogen) atoms. The summed E-state index contributed by atoms with van der Waals surface area (Å²) in [5.41, 5.74) is 14.0. The second-order valence-electron chi connectivity index (χ2n) is 13.3. The normalized spacial score (nSPS) is 16.8. The smallest absolute Gasteiger partial charge is 0.160 e. The molecular formula is C46H32N2O. The Morgan fingerprint density at radius 2 is 1.18 bits per heavy atom. The van der Waals surface area contributed by atoms with E-state index >= 15 is 0 Å². The van der Waals surface area contributed by atoms with Crippen LogP contribution in [-0.2, 0) is 5.41 Å². The Morgan fingerprint density at radius 3 is 1.94 bits per heavy atom. The average molecular weight is 629 g/mol. The second kappa shape index (κ2) is 10.7. The van der Waals surface area contributed by atoms with Crippen LogP contribution in [0.4, 0.5) is 0 Å². The predicted octanol–water partition coefficient (Wildman–Crippen LogP) is 11.0. The molecule has 7 aromatic rings. The average Bonchev–Trinajstić information content (AvgIpc) is 3.45. The van der Waals surface area contributed by atoms with Gasteiger partial charge in [0.05, 0.1) is 16.6 Å². The number of rotatable bonds is 3. The standard InChI is InChI=1S/C46H32N2O/c1-29-27-33(30-23-25-31(26-24-30)44-36-17-7-11-21-40(36)47-45(48-44)32-13-3-2-4-14-32)28-42-43(29)46(39-20-10-12-22-41(39)49-42)37-18-8-5-15-34(37)35-16-6-9-19-38(35)46/h2-26,28-29H,27H2,1H3. The van der Waals surface area contributed by atoms with E-state index in [2.05, 4.69) is 140 Å². The second-order valence-corrected chi connectivity index (χ2v) is 13.3. The van der Waals surface area contributed by atoms with Gasteiger partial charge in [-0.15, -0.1) is 0 Å². The molecule has 1 spiro atoms. The van der Waals surface area contributed by atoms with Gasteiger partial charge in [0.1, 0.15) is 11.5 Å².